The SMILES string of the molecule is CCCCCCCC/C=C\CCCCCCCCCC(=O)[O-].[Li+]. The first-order valence-corrected chi connectivity index (χ1v) is 9.62. The molecule has 0 radical (unpaired) electrons. The molecule has 0 fully saturated rings. The van der Waals surface area contributed by atoms with Crippen molar-refractivity contribution >= 4 is 5.97 Å². The van der Waals surface area contributed by atoms with Crippen LogP contribution in [0.15, 0.2) is 12.2 Å². The average molecular weight is 316 g/mol. The van der Waals surface area contributed by atoms with E-state index in [4.69, 9.17) is 0 Å². The topological polar surface area (TPSA) is 40.1 Å². The molecule has 3 heteroatoms. The Hall–Kier alpha value is -0.193. The fourth-order valence-corrected chi connectivity index (χ4v) is 2.69. The summed E-state index contributed by atoms with van der Waals surface area (Å²) in [7, 11) is 0. The maximum absolute atomic E-state index is 10.2. The van der Waals surface area contributed by atoms with E-state index >= 15 is 0 Å². The normalized spacial score (nSPS) is 10.8. The largest absolute Gasteiger partial charge is 1.00 e. The van der Waals surface area contributed by atoms with Crippen molar-refractivity contribution in [2.45, 2.75) is 110 Å². The first kappa shape index (κ1) is 25.1. The monoisotopic (exact) mass is 316 g/mol. The fourth-order valence-electron chi connectivity index (χ4n) is 2.69. The fraction of sp³-hybridized carbons (Fsp3) is 0.850. The van der Waals surface area contributed by atoms with Crippen LogP contribution in [0.4, 0.5) is 0 Å². The van der Waals surface area contributed by atoms with Crippen molar-refractivity contribution < 1.29 is 28.8 Å². The van der Waals surface area contributed by atoms with Crippen LogP contribution in [0.2, 0.25) is 0 Å². The molecule has 0 spiro atoms. The molecule has 0 N–H and O–H groups in total. The number of hydrogen-bond acceptors (Lipinski definition) is 2. The molecule has 23 heavy (non-hydrogen) atoms. The van der Waals surface area contributed by atoms with Crippen LogP contribution in [0, 0.1) is 0 Å². The van der Waals surface area contributed by atoms with Gasteiger partial charge in [0.2, 0.25) is 0 Å². The number of rotatable bonds is 17. The summed E-state index contributed by atoms with van der Waals surface area (Å²) in [6.45, 7) is 2.26. The van der Waals surface area contributed by atoms with Crippen molar-refractivity contribution in [2.24, 2.45) is 0 Å². The van der Waals surface area contributed by atoms with Crippen LogP contribution >= 0.6 is 0 Å². The Labute approximate surface area is 156 Å². The molecule has 0 bridgehead atoms. The van der Waals surface area contributed by atoms with Gasteiger partial charge >= 0.3 is 18.9 Å². The van der Waals surface area contributed by atoms with Crippen molar-refractivity contribution in [1.29, 1.82) is 0 Å². The van der Waals surface area contributed by atoms with E-state index in [1.165, 1.54) is 83.5 Å². The first-order valence-electron chi connectivity index (χ1n) is 9.62. The van der Waals surface area contributed by atoms with Gasteiger partial charge in [0, 0.05) is 5.97 Å². The van der Waals surface area contributed by atoms with Gasteiger partial charge in [0.1, 0.15) is 0 Å². The van der Waals surface area contributed by atoms with E-state index in [2.05, 4.69) is 19.1 Å². The second kappa shape index (κ2) is 21.8. The van der Waals surface area contributed by atoms with Crippen molar-refractivity contribution in [3.8, 4) is 0 Å². The van der Waals surface area contributed by atoms with Gasteiger partial charge in [-0.3, -0.25) is 0 Å². The molecule has 130 valence electrons. The van der Waals surface area contributed by atoms with Gasteiger partial charge in [0.05, 0.1) is 0 Å². The molecular weight excluding hydrogens is 279 g/mol. The molecule has 0 aliphatic rings. The van der Waals surface area contributed by atoms with Gasteiger partial charge in [-0.2, -0.15) is 0 Å². The van der Waals surface area contributed by atoms with Gasteiger partial charge in [0.15, 0.2) is 0 Å². The third kappa shape index (κ3) is 24.2. The van der Waals surface area contributed by atoms with Crippen LogP contribution < -0.4 is 24.0 Å². The number of unbranched alkanes of at least 4 members (excludes halogenated alkanes) is 13. The number of aliphatic carboxylic acids is 1. The molecule has 0 aromatic rings. The molecule has 0 atom stereocenters. The van der Waals surface area contributed by atoms with Crippen LogP contribution in [-0.4, -0.2) is 5.97 Å². The average Bonchev–Trinajstić information content (AvgIpc) is 2.50. The maximum atomic E-state index is 10.2. The maximum Gasteiger partial charge on any atom is 1.00 e. The molecule has 0 aliphatic heterocycles. The molecule has 0 aromatic heterocycles. The zero-order chi connectivity index (χ0) is 16.3. The zero-order valence-electron chi connectivity index (χ0n) is 15.8. The van der Waals surface area contributed by atoms with E-state index in [0.717, 1.165) is 12.8 Å². The van der Waals surface area contributed by atoms with Gasteiger partial charge in [-0.1, -0.05) is 83.3 Å². The van der Waals surface area contributed by atoms with Crippen molar-refractivity contribution in [2.75, 3.05) is 0 Å². The van der Waals surface area contributed by atoms with Gasteiger partial charge in [-0.15, -0.1) is 0 Å². The van der Waals surface area contributed by atoms with Crippen molar-refractivity contribution in [3.63, 3.8) is 0 Å². The summed E-state index contributed by atoms with van der Waals surface area (Å²) >= 11 is 0. The van der Waals surface area contributed by atoms with Gasteiger partial charge in [-0.05, 0) is 38.5 Å². The van der Waals surface area contributed by atoms with E-state index in [1.54, 1.807) is 0 Å². The van der Waals surface area contributed by atoms with Crippen molar-refractivity contribution in [1.82, 2.24) is 0 Å². The number of carboxylic acids is 1. The number of carbonyl (C=O) groups is 1. The van der Waals surface area contributed by atoms with Crippen LogP contribution in [0.3, 0.4) is 0 Å². The first-order chi connectivity index (χ1) is 10.8. The van der Waals surface area contributed by atoms with E-state index in [9.17, 15) is 9.90 Å². The number of hydrogen-bond donors (Lipinski definition) is 0. The Balaban J connectivity index is 0. The number of allylic oxidation sites excluding steroid dienone is 2. The molecule has 0 heterocycles. The molecule has 0 rings (SSSR count). The van der Waals surface area contributed by atoms with E-state index in [-0.39, 0.29) is 25.3 Å². The Morgan fingerprint density at radius 1 is 0.696 bits per heavy atom. The summed E-state index contributed by atoms with van der Waals surface area (Å²) in [5.74, 6) is -0.909. The summed E-state index contributed by atoms with van der Waals surface area (Å²) < 4.78 is 0. The van der Waals surface area contributed by atoms with Crippen LogP contribution in [0.1, 0.15) is 110 Å². The summed E-state index contributed by atoms with van der Waals surface area (Å²) in [5, 5.41) is 10.2. The standard InChI is InChI=1S/C20H38O2.Li/c1-2-3-4-5-6-7-8-9-10-11-12-13-14-15-16-17-18-19-20(21)22;/h9-10H,2-8,11-19H2,1H3,(H,21,22);/q;+1/p-1/b10-9-;. The number of carboxylic acid groups (broad SMARTS) is 1. The van der Waals surface area contributed by atoms with Crippen LogP contribution in [0.5, 0.6) is 0 Å². The Bertz CT molecular complexity index is 264. The molecule has 0 aromatic carbocycles. The molecule has 0 saturated carbocycles. The van der Waals surface area contributed by atoms with Crippen molar-refractivity contribution in [3.05, 3.63) is 12.2 Å². The molecule has 0 unspecified atom stereocenters. The number of carbonyl (C=O) groups excluding carboxylic acids is 1. The quantitative estimate of drug-likeness (QED) is 0.235. The van der Waals surface area contributed by atoms with E-state index in [1.807, 2.05) is 0 Å². The predicted molar refractivity (Wildman–Crippen MR) is 93.7 cm³/mol. The van der Waals surface area contributed by atoms with Gasteiger partial charge in [0.25, 0.3) is 0 Å². The molecule has 2 nitrogen and oxygen atoms in total. The molecule has 0 aliphatic carbocycles. The summed E-state index contributed by atoms with van der Waals surface area (Å²) in [4.78, 5) is 10.2. The Morgan fingerprint density at radius 2 is 1.09 bits per heavy atom. The Morgan fingerprint density at radius 3 is 1.52 bits per heavy atom. The van der Waals surface area contributed by atoms with E-state index < -0.39 is 5.97 Å². The van der Waals surface area contributed by atoms with Gasteiger partial charge in [-0.25, -0.2) is 0 Å². The minimum absolute atomic E-state index is 0. The minimum Gasteiger partial charge on any atom is -0.550 e. The third-order valence-corrected chi connectivity index (χ3v) is 4.14. The van der Waals surface area contributed by atoms with Gasteiger partial charge < -0.3 is 9.90 Å². The minimum atomic E-state index is -0.909. The zero-order valence-corrected chi connectivity index (χ0v) is 15.8. The molecule has 0 amide bonds. The summed E-state index contributed by atoms with van der Waals surface area (Å²) in [6.07, 6.45) is 23.8. The Kier molecular flexibility index (Phi) is 23.8. The van der Waals surface area contributed by atoms with Crippen LogP contribution in [0.25, 0.3) is 0 Å². The second-order valence-electron chi connectivity index (χ2n) is 6.41. The molecule has 0 saturated heterocycles. The summed E-state index contributed by atoms with van der Waals surface area (Å²) in [5.41, 5.74) is 0. The van der Waals surface area contributed by atoms with Crippen LogP contribution in [-0.2, 0) is 4.79 Å². The smallest absolute Gasteiger partial charge is 0.550 e. The predicted octanol–water partition coefficient (Wildman–Crippen LogP) is 2.56. The third-order valence-electron chi connectivity index (χ3n) is 4.14. The summed E-state index contributed by atoms with van der Waals surface area (Å²) in [6, 6.07) is 0. The second-order valence-corrected chi connectivity index (χ2v) is 6.41. The molecular formula is C20H37LiO2. The van der Waals surface area contributed by atoms with E-state index in [0.29, 0.717) is 0 Å².